The molecule has 2 N–H and O–H groups in total. The molecule has 0 saturated carbocycles. The zero-order chi connectivity index (χ0) is 16.5. The Hall–Kier alpha value is -1.79. The van der Waals surface area contributed by atoms with E-state index in [1.54, 1.807) is 9.80 Å². The Kier molecular flexibility index (Phi) is 4.63. The second-order valence-electron chi connectivity index (χ2n) is 7.18. The zero-order valence-electron chi connectivity index (χ0n) is 13.5. The van der Waals surface area contributed by atoms with Gasteiger partial charge < -0.3 is 20.3 Å². The van der Waals surface area contributed by atoms with Crippen molar-refractivity contribution < 1.29 is 19.1 Å². The van der Waals surface area contributed by atoms with Crippen LogP contribution in [0.1, 0.15) is 33.6 Å². The molecule has 1 atom stereocenters. The fourth-order valence-electron chi connectivity index (χ4n) is 2.75. The number of amides is 3. The third-order valence-corrected chi connectivity index (χ3v) is 4.03. The Balaban J connectivity index is 1.68. The fourth-order valence-corrected chi connectivity index (χ4v) is 2.75. The molecule has 7 nitrogen and oxygen atoms in total. The molecule has 2 fully saturated rings. The summed E-state index contributed by atoms with van der Waals surface area (Å²) in [4.78, 5) is 38.1. The monoisotopic (exact) mass is 311 g/mol. The van der Waals surface area contributed by atoms with Crippen molar-refractivity contribution in [2.45, 2.75) is 39.2 Å². The molecule has 0 aromatic heterocycles. The Bertz CT molecular complexity index is 466. The molecular weight excluding hydrogens is 286 g/mol. The second-order valence-corrected chi connectivity index (χ2v) is 7.18. The lowest BCUT2D eigenvalue weighted by Gasteiger charge is -2.40. The minimum Gasteiger partial charge on any atom is -0.444 e. The molecule has 7 heteroatoms. The Labute approximate surface area is 130 Å². The molecular formula is C15H25N3O4. The van der Waals surface area contributed by atoms with Crippen molar-refractivity contribution in [2.24, 2.45) is 17.6 Å². The number of likely N-dealkylation sites (tertiary alicyclic amines) is 2. The highest BCUT2D eigenvalue weighted by atomic mass is 16.6. The first kappa shape index (κ1) is 16.6. The molecule has 22 heavy (non-hydrogen) atoms. The molecule has 2 rings (SSSR count). The van der Waals surface area contributed by atoms with Crippen LogP contribution in [0.4, 0.5) is 4.79 Å². The van der Waals surface area contributed by atoms with Crippen LogP contribution in [0.15, 0.2) is 0 Å². The number of rotatable bonds is 4. The lowest BCUT2D eigenvalue weighted by atomic mass is 9.96. The molecule has 2 saturated heterocycles. The van der Waals surface area contributed by atoms with Crippen molar-refractivity contribution in [3.63, 3.8) is 0 Å². The van der Waals surface area contributed by atoms with Gasteiger partial charge in [-0.15, -0.1) is 0 Å². The summed E-state index contributed by atoms with van der Waals surface area (Å²) in [5.74, 6) is -0.386. The van der Waals surface area contributed by atoms with E-state index in [-0.39, 0.29) is 24.3 Å². The molecule has 2 aliphatic heterocycles. The first-order chi connectivity index (χ1) is 10.2. The van der Waals surface area contributed by atoms with Crippen LogP contribution in [0.3, 0.4) is 0 Å². The van der Waals surface area contributed by atoms with Crippen LogP contribution in [0.5, 0.6) is 0 Å². The quantitative estimate of drug-likeness (QED) is 0.821. The van der Waals surface area contributed by atoms with Crippen LogP contribution in [0, 0.1) is 11.8 Å². The number of nitrogens with two attached hydrogens (primary N) is 1. The smallest absolute Gasteiger partial charge is 0.410 e. The van der Waals surface area contributed by atoms with Crippen molar-refractivity contribution in [1.82, 2.24) is 9.80 Å². The molecule has 2 aliphatic rings. The van der Waals surface area contributed by atoms with Gasteiger partial charge in [0.2, 0.25) is 11.8 Å². The minimum absolute atomic E-state index is 0.00729. The molecule has 0 spiro atoms. The maximum atomic E-state index is 11.8. The second kappa shape index (κ2) is 6.14. The number of carbonyl (C=O) groups excluding carboxylic acids is 3. The molecule has 0 bridgehead atoms. The van der Waals surface area contributed by atoms with Gasteiger partial charge in [-0.2, -0.15) is 0 Å². The van der Waals surface area contributed by atoms with Gasteiger partial charge >= 0.3 is 6.09 Å². The van der Waals surface area contributed by atoms with Gasteiger partial charge in [-0.25, -0.2) is 4.79 Å². The van der Waals surface area contributed by atoms with E-state index in [4.69, 9.17) is 10.5 Å². The maximum absolute atomic E-state index is 11.8. The van der Waals surface area contributed by atoms with Crippen LogP contribution in [-0.2, 0) is 14.3 Å². The number of primary amides is 1. The molecule has 2 heterocycles. The molecule has 124 valence electrons. The third-order valence-electron chi connectivity index (χ3n) is 4.03. The summed E-state index contributed by atoms with van der Waals surface area (Å²) in [6.45, 7) is 7.90. The molecule has 0 aliphatic carbocycles. The number of hydrogen-bond donors (Lipinski definition) is 1. The highest BCUT2D eigenvalue weighted by Crippen LogP contribution is 2.24. The van der Waals surface area contributed by atoms with E-state index in [9.17, 15) is 14.4 Å². The first-order valence-electron chi connectivity index (χ1n) is 7.70. The van der Waals surface area contributed by atoms with Gasteiger partial charge in [0.1, 0.15) is 5.60 Å². The summed E-state index contributed by atoms with van der Waals surface area (Å²) in [7, 11) is 0. The lowest BCUT2D eigenvalue weighted by Crippen LogP contribution is -2.52. The van der Waals surface area contributed by atoms with Gasteiger partial charge in [0.25, 0.3) is 0 Å². The predicted molar refractivity (Wildman–Crippen MR) is 79.8 cm³/mol. The van der Waals surface area contributed by atoms with Gasteiger partial charge in [0.05, 0.1) is 5.92 Å². The van der Waals surface area contributed by atoms with Gasteiger partial charge in [-0.05, 0) is 33.1 Å². The van der Waals surface area contributed by atoms with Gasteiger partial charge in [-0.1, -0.05) is 0 Å². The van der Waals surface area contributed by atoms with Crippen LogP contribution in [0.25, 0.3) is 0 Å². The van der Waals surface area contributed by atoms with Gasteiger partial charge in [0.15, 0.2) is 0 Å². The summed E-state index contributed by atoms with van der Waals surface area (Å²) in [6.07, 6.45) is 0.774. The number of nitrogens with zero attached hydrogens (tertiary/aromatic N) is 2. The van der Waals surface area contributed by atoms with Crippen LogP contribution in [0.2, 0.25) is 0 Å². The lowest BCUT2D eigenvalue weighted by molar-refractivity contribution is -0.128. The van der Waals surface area contributed by atoms with Crippen molar-refractivity contribution >= 4 is 17.9 Å². The highest BCUT2D eigenvalue weighted by Gasteiger charge is 2.36. The van der Waals surface area contributed by atoms with E-state index < -0.39 is 11.5 Å². The van der Waals surface area contributed by atoms with E-state index in [1.165, 1.54) is 0 Å². The van der Waals surface area contributed by atoms with E-state index in [2.05, 4.69) is 0 Å². The molecule has 0 aromatic carbocycles. The SMILES string of the molecule is CC(C)(C)OC(=O)N1CC(CCN2CC(C(N)=O)CC2=O)C1. The summed E-state index contributed by atoms with van der Waals surface area (Å²) in [5.41, 5.74) is 4.76. The molecule has 1 unspecified atom stereocenters. The average molecular weight is 311 g/mol. The third kappa shape index (κ3) is 4.11. The highest BCUT2D eigenvalue weighted by molar-refractivity contribution is 5.88. The Morgan fingerprint density at radius 3 is 2.41 bits per heavy atom. The normalized spacial score (nSPS) is 22.7. The largest absolute Gasteiger partial charge is 0.444 e. The number of ether oxygens (including phenoxy) is 1. The maximum Gasteiger partial charge on any atom is 0.410 e. The minimum atomic E-state index is -0.478. The fraction of sp³-hybridized carbons (Fsp3) is 0.800. The first-order valence-corrected chi connectivity index (χ1v) is 7.70. The predicted octanol–water partition coefficient (Wildman–Crippen LogP) is 0.577. The van der Waals surface area contributed by atoms with E-state index >= 15 is 0 Å². The number of hydrogen-bond acceptors (Lipinski definition) is 4. The summed E-state index contributed by atoms with van der Waals surface area (Å²) in [6, 6.07) is 0. The molecule has 0 radical (unpaired) electrons. The topological polar surface area (TPSA) is 92.9 Å². The summed E-state index contributed by atoms with van der Waals surface area (Å²) < 4.78 is 5.30. The van der Waals surface area contributed by atoms with E-state index in [0.717, 1.165) is 6.42 Å². The van der Waals surface area contributed by atoms with Crippen LogP contribution in [-0.4, -0.2) is 59.5 Å². The average Bonchev–Trinajstić information content (AvgIpc) is 2.66. The molecule has 3 amide bonds. The summed E-state index contributed by atoms with van der Waals surface area (Å²) in [5, 5.41) is 0. The van der Waals surface area contributed by atoms with Gasteiger partial charge in [0, 0.05) is 32.6 Å². The van der Waals surface area contributed by atoms with Crippen molar-refractivity contribution in [3.8, 4) is 0 Å². The van der Waals surface area contributed by atoms with Crippen molar-refractivity contribution in [2.75, 3.05) is 26.2 Å². The number of carbonyl (C=O) groups is 3. The summed E-state index contributed by atoms with van der Waals surface area (Å²) >= 11 is 0. The van der Waals surface area contributed by atoms with Crippen LogP contribution < -0.4 is 5.73 Å². The van der Waals surface area contributed by atoms with E-state index in [0.29, 0.717) is 32.1 Å². The Morgan fingerprint density at radius 1 is 1.27 bits per heavy atom. The zero-order valence-corrected chi connectivity index (χ0v) is 13.5. The van der Waals surface area contributed by atoms with E-state index in [1.807, 2.05) is 20.8 Å². The van der Waals surface area contributed by atoms with Gasteiger partial charge in [-0.3, -0.25) is 9.59 Å². The Morgan fingerprint density at radius 2 is 1.91 bits per heavy atom. The van der Waals surface area contributed by atoms with Crippen molar-refractivity contribution in [1.29, 1.82) is 0 Å². The standard InChI is InChI=1S/C15H25N3O4/c1-15(2,3)22-14(21)18-7-10(8-18)4-5-17-9-11(13(16)20)6-12(17)19/h10-11H,4-9H2,1-3H3,(H2,16,20). The van der Waals surface area contributed by atoms with Crippen LogP contribution >= 0.6 is 0 Å². The van der Waals surface area contributed by atoms with Crippen molar-refractivity contribution in [3.05, 3.63) is 0 Å². The molecule has 0 aromatic rings.